The van der Waals surface area contributed by atoms with Crippen LogP contribution in [0.2, 0.25) is 5.15 Å². The minimum absolute atomic E-state index is 0. The van der Waals surface area contributed by atoms with Crippen molar-refractivity contribution in [2.45, 2.75) is 19.6 Å². The van der Waals surface area contributed by atoms with E-state index in [4.69, 9.17) is 21.1 Å². The number of aromatic nitrogens is 1. The lowest BCUT2D eigenvalue weighted by Gasteiger charge is -2.13. The summed E-state index contributed by atoms with van der Waals surface area (Å²) in [5, 5.41) is 3.78. The molecule has 0 radical (unpaired) electrons. The molecule has 0 bridgehead atoms. The molecule has 0 aliphatic rings. The van der Waals surface area contributed by atoms with Crippen LogP contribution in [-0.2, 0) is 19.6 Å². The van der Waals surface area contributed by atoms with E-state index in [-0.39, 0.29) is 18.2 Å². The smallest absolute Gasteiger partial charge is 0.161 e. The summed E-state index contributed by atoms with van der Waals surface area (Å²) in [6.45, 7) is 1.72. The fourth-order valence-corrected chi connectivity index (χ4v) is 2.86. The third kappa shape index (κ3) is 6.89. The van der Waals surface area contributed by atoms with E-state index < -0.39 is 0 Å². The van der Waals surface area contributed by atoms with Gasteiger partial charge in [-0.2, -0.15) is 0 Å². The van der Waals surface area contributed by atoms with Crippen LogP contribution in [0.25, 0.3) is 0 Å². The number of rotatable bonds is 9. The van der Waals surface area contributed by atoms with E-state index in [9.17, 15) is 4.39 Å². The molecule has 2 aromatic carbocycles. The third-order valence-electron chi connectivity index (χ3n) is 4.27. The van der Waals surface area contributed by atoms with E-state index in [0.717, 1.165) is 11.1 Å². The number of ether oxygens (including phenoxy) is 2. The third-order valence-corrected chi connectivity index (χ3v) is 4.49. The Kier molecular flexibility index (Phi) is 9.19. The molecule has 154 valence electrons. The van der Waals surface area contributed by atoms with Crippen molar-refractivity contribution in [1.82, 2.24) is 10.3 Å². The molecule has 0 saturated carbocycles. The molecule has 0 amide bonds. The average molecular weight is 437 g/mol. The lowest BCUT2D eigenvalue weighted by Crippen LogP contribution is -2.17. The quantitative estimate of drug-likeness (QED) is 0.369. The number of pyridine rings is 1. The Morgan fingerprint density at radius 2 is 1.83 bits per heavy atom. The van der Waals surface area contributed by atoms with Gasteiger partial charge in [0, 0.05) is 18.3 Å². The molecule has 0 unspecified atom stereocenters. The van der Waals surface area contributed by atoms with Crippen molar-refractivity contribution in [2.24, 2.45) is 0 Å². The van der Waals surface area contributed by atoms with Crippen molar-refractivity contribution in [2.75, 3.05) is 13.7 Å². The molecule has 4 nitrogen and oxygen atoms in total. The molecular weight excluding hydrogens is 414 g/mol. The Labute approximate surface area is 181 Å². The van der Waals surface area contributed by atoms with Crippen molar-refractivity contribution in [1.29, 1.82) is 0 Å². The van der Waals surface area contributed by atoms with Crippen molar-refractivity contribution >= 4 is 24.0 Å². The number of methoxy groups -OCH3 is 1. The highest BCUT2D eigenvalue weighted by molar-refractivity contribution is 6.29. The van der Waals surface area contributed by atoms with Crippen molar-refractivity contribution in [3.63, 3.8) is 0 Å². The van der Waals surface area contributed by atoms with Crippen LogP contribution in [0.15, 0.2) is 60.8 Å². The summed E-state index contributed by atoms with van der Waals surface area (Å²) in [4.78, 5) is 4.04. The number of nitrogens with zero attached hydrogens (tertiary/aromatic N) is 1. The molecule has 0 spiro atoms. The molecule has 3 rings (SSSR count). The highest BCUT2D eigenvalue weighted by Crippen LogP contribution is 2.29. The summed E-state index contributed by atoms with van der Waals surface area (Å²) in [5.74, 6) is 1.16. The SMILES string of the molecule is COc1cc(CNCCc2ccccc2F)ccc1OCc1ccc(Cl)nc1.Cl. The largest absolute Gasteiger partial charge is 0.493 e. The first kappa shape index (κ1) is 22.9. The molecule has 1 heterocycles. The Hall–Kier alpha value is -2.34. The summed E-state index contributed by atoms with van der Waals surface area (Å²) in [7, 11) is 1.61. The number of halogens is 3. The standard InChI is InChI=1S/C22H22ClFN2O2.ClH/c1-27-21-12-16(13-25-11-10-18-4-2-3-5-19(18)24)6-8-20(21)28-15-17-7-9-22(23)26-14-17;/h2-9,12,14,25H,10-11,13,15H2,1H3;1H. The van der Waals surface area contributed by atoms with Gasteiger partial charge in [-0.25, -0.2) is 9.37 Å². The van der Waals surface area contributed by atoms with E-state index in [2.05, 4.69) is 10.3 Å². The normalized spacial score (nSPS) is 10.3. The van der Waals surface area contributed by atoms with Crippen molar-refractivity contribution < 1.29 is 13.9 Å². The molecule has 3 aromatic rings. The Morgan fingerprint density at radius 3 is 2.55 bits per heavy atom. The fraction of sp³-hybridized carbons (Fsp3) is 0.227. The van der Waals surface area contributed by atoms with E-state index in [1.807, 2.05) is 36.4 Å². The molecule has 29 heavy (non-hydrogen) atoms. The molecule has 0 aliphatic heterocycles. The Balaban J connectivity index is 0.00000300. The van der Waals surface area contributed by atoms with Crippen molar-refractivity contribution in [3.05, 3.63) is 88.5 Å². The molecule has 0 saturated heterocycles. The monoisotopic (exact) mass is 436 g/mol. The van der Waals surface area contributed by atoms with Gasteiger partial charge >= 0.3 is 0 Å². The molecule has 0 atom stereocenters. The van der Waals surface area contributed by atoms with Crippen LogP contribution in [0.1, 0.15) is 16.7 Å². The maximum atomic E-state index is 13.6. The first-order valence-electron chi connectivity index (χ1n) is 9.00. The summed E-state index contributed by atoms with van der Waals surface area (Å²) in [6.07, 6.45) is 2.32. The van der Waals surface area contributed by atoms with Crippen LogP contribution in [0.5, 0.6) is 11.5 Å². The van der Waals surface area contributed by atoms with Crippen LogP contribution in [0, 0.1) is 5.82 Å². The average Bonchev–Trinajstić information content (AvgIpc) is 2.72. The zero-order valence-corrected chi connectivity index (χ0v) is 17.6. The summed E-state index contributed by atoms with van der Waals surface area (Å²) in [6, 6.07) is 16.2. The molecule has 1 N–H and O–H groups in total. The minimum atomic E-state index is -0.164. The van der Waals surface area contributed by atoms with Gasteiger partial charge in [-0.15, -0.1) is 12.4 Å². The summed E-state index contributed by atoms with van der Waals surface area (Å²) < 4.78 is 24.9. The molecule has 1 aromatic heterocycles. The summed E-state index contributed by atoms with van der Waals surface area (Å²) in [5.41, 5.74) is 2.70. The van der Waals surface area contributed by atoms with Gasteiger partial charge in [-0.3, -0.25) is 0 Å². The van der Waals surface area contributed by atoms with Gasteiger partial charge in [0.15, 0.2) is 11.5 Å². The van der Waals surface area contributed by atoms with Gasteiger partial charge in [-0.1, -0.05) is 41.9 Å². The maximum Gasteiger partial charge on any atom is 0.161 e. The van der Waals surface area contributed by atoms with Gasteiger partial charge in [0.1, 0.15) is 17.6 Å². The zero-order valence-electron chi connectivity index (χ0n) is 16.0. The fourth-order valence-electron chi connectivity index (χ4n) is 2.75. The Morgan fingerprint density at radius 1 is 1.03 bits per heavy atom. The zero-order chi connectivity index (χ0) is 19.8. The van der Waals surface area contributed by atoms with E-state index in [1.165, 1.54) is 6.07 Å². The predicted octanol–water partition coefficient (Wildman–Crippen LogP) is 5.22. The van der Waals surface area contributed by atoms with Gasteiger partial charge in [0.2, 0.25) is 0 Å². The molecule has 0 aliphatic carbocycles. The highest BCUT2D eigenvalue weighted by Gasteiger charge is 2.07. The maximum absolute atomic E-state index is 13.6. The van der Waals surface area contributed by atoms with Crippen molar-refractivity contribution in [3.8, 4) is 11.5 Å². The number of hydrogen-bond donors (Lipinski definition) is 1. The molecular formula is C22H23Cl2FN2O2. The number of nitrogens with one attached hydrogen (secondary N) is 1. The topological polar surface area (TPSA) is 43.4 Å². The van der Waals surface area contributed by atoms with Gasteiger partial charge in [0.25, 0.3) is 0 Å². The predicted molar refractivity (Wildman–Crippen MR) is 116 cm³/mol. The van der Waals surface area contributed by atoms with Gasteiger partial charge in [-0.05, 0) is 48.4 Å². The van der Waals surface area contributed by atoms with Crippen LogP contribution < -0.4 is 14.8 Å². The lowest BCUT2D eigenvalue weighted by atomic mass is 10.1. The van der Waals surface area contributed by atoms with Gasteiger partial charge < -0.3 is 14.8 Å². The van der Waals surface area contributed by atoms with Crippen LogP contribution in [0.3, 0.4) is 0 Å². The van der Waals surface area contributed by atoms with E-state index in [1.54, 1.807) is 25.4 Å². The first-order chi connectivity index (χ1) is 13.7. The first-order valence-corrected chi connectivity index (χ1v) is 9.38. The number of hydrogen-bond acceptors (Lipinski definition) is 4. The van der Waals surface area contributed by atoms with E-state index >= 15 is 0 Å². The lowest BCUT2D eigenvalue weighted by molar-refractivity contribution is 0.284. The summed E-state index contributed by atoms with van der Waals surface area (Å²) >= 11 is 5.79. The molecule has 7 heteroatoms. The van der Waals surface area contributed by atoms with Crippen LogP contribution in [0.4, 0.5) is 4.39 Å². The van der Waals surface area contributed by atoms with E-state index in [0.29, 0.717) is 48.3 Å². The Bertz CT molecular complexity index is 908. The highest BCUT2D eigenvalue weighted by atomic mass is 35.5. The second-order valence-corrected chi connectivity index (χ2v) is 6.67. The molecule has 0 fully saturated rings. The van der Waals surface area contributed by atoms with Crippen LogP contribution in [-0.4, -0.2) is 18.6 Å². The number of benzene rings is 2. The second kappa shape index (κ2) is 11.6. The minimum Gasteiger partial charge on any atom is -0.493 e. The van der Waals surface area contributed by atoms with Gasteiger partial charge in [0.05, 0.1) is 7.11 Å². The second-order valence-electron chi connectivity index (χ2n) is 6.28. The van der Waals surface area contributed by atoms with Crippen LogP contribution >= 0.6 is 24.0 Å².